The fraction of sp³-hybridized carbons (Fsp3) is 0.444. The van der Waals surface area contributed by atoms with Crippen LogP contribution in [0.1, 0.15) is 23.2 Å². The molecule has 3 heterocycles. The second-order valence-corrected chi connectivity index (χ2v) is 6.17. The van der Waals surface area contributed by atoms with Crippen molar-refractivity contribution in [3.05, 3.63) is 46.4 Å². The van der Waals surface area contributed by atoms with Crippen LogP contribution < -0.4 is 10.9 Å². The molecule has 1 saturated heterocycles. The molecule has 134 valence electrons. The normalized spacial score (nSPS) is 16.0. The van der Waals surface area contributed by atoms with Gasteiger partial charge in [-0.2, -0.15) is 0 Å². The molecule has 0 saturated carbocycles. The summed E-state index contributed by atoms with van der Waals surface area (Å²) in [5, 5.41) is 2.97. The lowest BCUT2D eigenvalue weighted by atomic mass is 10.0. The highest BCUT2D eigenvalue weighted by molar-refractivity contribution is 5.94. The van der Waals surface area contributed by atoms with Crippen LogP contribution >= 0.6 is 0 Å². The van der Waals surface area contributed by atoms with Crippen LogP contribution in [0.25, 0.3) is 11.5 Å². The quantitative estimate of drug-likeness (QED) is 0.828. The van der Waals surface area contributed by atoms with Crippen LogP contribution in [0.5, 0.6) is 0 Å². The predicted octanol–water partition coefficient (Wildman–Crippen LogP) is 1.48. The van der Waals surface area contributed by atoms with Gasteiger partial charge in [-0.1, -0.05) is 0 Å². The standard InChI is InChI=1S/C18H23N3O4/c1-24-12-10-21-8-6-13(7-9-21)19-17(22)14-4-5-15(20-18(14)23)16-3-2-11-25-16/h2-5,11,13H,6-10,12H2,1H3,(H,19,22)(H,20,23). The van der Waals surface area contributed by atoms with Gasteiger partial charge in [-0.05, 0) is 37.1 Å². The van der Waals surface area contributed by atoms with Crippen molar-refractivity contribution in [1.29, 1.82) is 0 Å². The first-order valence-electron chi connectivity index (χ1n) is 8.46. The van der Waals surface area contributed by atoms with Crippen molar-refractivity contribution < 1.29 is 13.9 Å². The Bertz CT molecular complexity index is 746. The van der Waals surface area contributed by atoms with Crippen LogP contribution in [0, 0.1) is 0 Å². The summed E-state index contributed by atoms with van der Waals surface area (Å²) >= 11 is 0. The van der Waals surface area contributed by atoms with Crippen LogP contribution in [0.2, 0.25) is 0 Å². The van der Waals surface area contributed by atoms with E-state index in [4.69, 9.17) is 9.15 Å². The number of aromatic nitrogens is 1. The number of piperidine rings is 1. The average molecular weight is 345 g/mol. The number of nitrogens with zero attached hydrogens (tertiary/aromatic N) is 1. The predicted molar refractivity (Wildman–Crippen MR) is 93.6 cm³/mol. The Labute approximate surface area is 146 Å². The molecule has 0 aliphatic carbocycles. The Morgan fingerprint density at radius 3 is 2.80 bits per heavy atom. The summed E-state index contributed by atoms with van der Waals surface area (Å²) in [6, 6.07) is 6.81. The Morgan fingerprint density at radius 2 is 2.16 bits per heavy atom. The number of hydrogen-bond donors (Lipinski definition) is 2. The Balaban J connectivity index is 1.58. The molecular formula is C18H23N3O4. The van der Waals surface area contributed by atoms with Crippen molar-refractivity contribution in [2.75, 3.05) is 33.4 Å². The largest absolute Gasteiger partial charge is 0.463 e. The van der Waals surface area contributed by atoms with Gasteiger partial charge in [0.2, 0.25) is 0 Å². The molecule has 0 aromatic carbocycles. The average Bonchev–Trinajstić information content (AvgIpc) is 3.15. The SMILES string of the molecule is COCCN1CCC(NC(=O)c2ccc(-c3ccco3)[nH]c2=O)CC1. The molecule has 1 aliphatic rings. The summed E-state index contributed by atoms with van der Waals surface area (Å²) in [7, 11) is 1.70. The van der Waals surface area contributed by atoms with Gasteiger partial charge >= 0.3 is 0 Å². The maximum atomic E-state index is 12.4. The van der Waals surface area contributed by atoms with Crippen molar-refractivity contribution in [2.24, 2.45) is 0 Å². The van der Waals surface area contributed by atoms with Crippen molar-refractivity contribution in [3.63, 3.8) is 0 Å². The topological polar surface area (TPSA) is 87.6 Å². The Kier molecular flexibility index (Phi) is 5.67. The van der Waals surface area contributed by atoms with Crippen molar-refractivity contribution >= 4 is 5.91 Å². The number of pyridine rings is 1. The maximum Gasteiger partial charge on any atom is 0.261 e. The molecule has 1 amide bonds. The molecule has 1 aliphatic heterocycles. The van der Waals surface area contributed by atoms with E-state index >= 15 is 0 Å². The van der Waals surface area contributed by atoms with E-state index in [1.54, 1.807) is 31.4 Å². The van der Waals surface area contributed by atoms with Crippen molar-refractivity contribution in [1.82, 2.24) is 15.2 Å². The summed E-state index contributed by atoms with van der Waals surface area (Å²) in [6.07, 6.45) is 3.28. The van der Waals surface area contributed by atoms with Gasteiger partial charge in [0, 0.05) is 32.8 Å². The smallest absolute Gasteiger partial charge is 0.261 e. The number of ether oxygens (including phenoxy) is 1. The number of carbonyl (C=O) groups is 1. The minimum Gasteiger partial charge on any atom is -0.463 e. The van der Waals surface area contributed by atoms with Gasteiger partial charge in [-0.3, -0.25) is 9.59 Å². The molecule has 7 nitrogen and oxygen atoms in total. The number of hydrogen-bond acceptors (Lipinski definition) is 5. The van der Waals surface area contributed by atoms with E-state index < -0.39 is 5.56 Å². The number of furan rings is 1. The monoisotopic (exact) mass is 345 g/mol. The third-order valence-electron chi connectivity index (χ3n) is 4.48. The molecule has 0 unspecified atom stereocenters. The summed E-state index contributed by atoms with van der Waals surface area (Å²) in [4.78, 5) is 29.6. The highest BCUT2D eigenvalue weighted by atomic mass is 16.5. The van der Waals surface area contributed by atoms with Gasteiger partial charge in [0.15, 0.2) is 0 Å². The third kappa shape index (κ3) is 4.37. The highest BCUT2D eigenvalue weighted by Gasteiger charge is 2.22. The minimum absolute atomic E-state index is 0.0930. The number of amides is 1. The maximum absolute atomic E-state index is 12.4. The van der Waals surface area contributed by atoms with E-state index in [1.165, 1.54) is 6.26 Å². The number of likely N-dealkylation sites (tertiary alicyclic amines) is 1. The molecular weight excluding hydrogens is 322 g/mol. The second kappa shape index (κ2) is 8.13. The lowest BCUT2D eigenvalue weighted by molar-refractivity contribution is 0.0891. The lowest BCUT2D eigenvalue weighted by Crippen LogP contribution is -2.46. The number of H-pyrrole nitrogens is 1. The first kappa shape index (κ1) is 17.4. The zero-order valence-electron chi connectivity index (χ0n) is 14.3. The van der Waals surface area contributed by atoms with Crippen LogP contribution in [-0.4, -0.2) is 55.2 Å². The fourth-order valence-corrected chi connectivity index (χ4v) is 3.01. The van der Waals surface area contributed by atoms with Gasteiger partial charge < -0.3 is 24.4 Å². The van der Waals surface area contributed by atoms with Crippen LogP contribution in [0.3, 0.4) is 0 Å². The number of aromatic amines is 1. The fourth-order valence-electron chi connectivity index (χ4n) is 3.01. The van der Waals surface area contributed by atoms with E-state index in [0.717, 1.165) is 32.5 Å². The molecule has 1 fully saturated rings. The lowest BCUT2D eigenvalue weighted by Gasteiger charge is -2.32. The Hall–Kier alpha value is -2.38. The number of nitrogens with one attached hydrogen (secondary N) is 2. The molecule has 0 spiro atoms. The van der Waals surface area contributed by atoms with Gasteiger partial charge in [-0.25, -0.2) is 0 Å². The molecule has 0 atom stereocenters. The van der Waals surface area contributed by atoms with Crippen LogP contribution in [0.4, 0.5) is 0 Å². The van der Waals surface area contributed by atoms with Gasteiger partial charge in [0.25, 0.3) is 11.5 Å². The summed E-state index contributed by atoms with van der Waals surface area (Å²) in [6.45, 7) is 3.46. The third-order valence-corrected chi connectivity index (χ3v) is 4.48. The molecule has 0 bridgehead atoms. The van der Waals surface area contributed by atoms with Crippen LogP contribution in [-0.2, 0) is 4.74 Å². The zero-order valence-corrected chi connectivity index (χ0v) is 14.3. The molecule has 2 aromatic rings. The molecule has 7 heteroatoms. The van der Waals surface area contributed by atoms with Gasteiger partial charge in [-0.15, -0.1) is 0 Å². The highest BCUT2D eigenvalue weighted by Crippen LogP contribution is 2.16. The minimum atomic E-state index is -0.413. The number of carbonyl (C=O) groups excluding carboxylic acids is 1. The van der Waals surface area contributed by atoms with E-state index in [9.17, 15) is 9.59 Å². The molecule has 2 aromatic heterocycles. The second-order valence-electron chi connectivity index (χ2n) is 6.17. The number of rotatable bonds is 6. The number of methoxy groups -OCH3 is 1. The summed E-state index contributed by atoms with van der Waals surface area (Å²) < 4.78 is 10.3. The van der Waals surface area contributed by atoms with Gasteiger partial charge in [0.05, 0.1) is 18.6 Å². The van der Waals surface area contributed by atoms with Crippen molar-refractivity contribution in [2.45, 2.75) is 18.9 Å². The first-order chi connectivity index (χ1) is 12.2. The zero-order chi connectivity index (χ0) is 17.6. The van der Waals surface area contributed by atoms with Gasteiger partial charge in [0.1, 0.15) is 11.3 Å². The summed E-state index contributed by atoms with van der Waals surface area (Å²) in [5.74, 6) is 0.232. The molecule has 0 radical (unpaired) electrons. The molecule has 25 heavy (non-hydrogen) atoms. The van der Waals surface area contributed by atoms with E-state index in [2.05, 4.69) is 15.2 Å². The van der Waals surface area contributed by atoms with E-state index in [1.807, 2.05) is 0 Å². The summed E-state index contributed by atoms with van der Waals surface area (Å²) in [5.41, 5.74) is 0.263. The van der Waals surface area contributed by atoms with Crippen molar-refractivity contribution in [3.8, 4) is 11.5 Å². The van der Waals surface area contributed by atoms with E-state index in [-0.39, 0.29) is 17.5 Å². The Morgan fingerprint density at radius 1 is 1.36 bits per heavy atom. The van der Waals surface area contributed by atoms with Crippen LogP contribution in [0.15, 0.2) is 39.7 Å². The van der Waals surface area contributed by atoms with E-state index in [0.29, 0.717) is 18.1 Å². The molecule has 3 rings (SSSR count). The molecule has 2 N–H and O–H groups in total. The first-order valence-corrected chi connectivity index (χ1v) is 8.46.